The third-order valence-corrected chi connectivity index (χ3v) is 5.69. The van der Waals surface area contributed by atoms with Gasteiger partial charge >= 0.3 is 18.5 Å². The second-order valence-corrected chi connectivity index (χ2v) is 7.55. The molecule has 0 fully saturated rings. The number of amides is 2. The van der Waals surface area contributed by atoms with Crippen molar-refractivity contribution in [2.24, 2.45) is 0 Å². The van der Waals surface area contributed by atoms with Gasteiger partial charge in [0.2, 0.25) is 0 Å². The summed E-state index contributed by atoms with van der Waals surface area (Å²) in [6, 6.07) is 13.4. The van der Waals surface area contributed by atoms with Crippen molar-refractivity contribution < 1.29 is 19.2 Å². The Kier molecular flexibility index (Phi) is 5.09. The van der Waals surface area contributed by atoms with Gasteiger partial charge in [0.25, 0.3) is 0 Å². The number of anilines is 1. The minimum atomic E-state index is -0.204. The van der Waals surface area contributed by atoms with E-state index >= 15 is 0 Å². The summed E-state index contributed by atoms with van der Waals surface area (Å²) in [5.74, 6) is 0. The number of benzene rings is 2. The molecular formula is C23H20N6O4. The fourth-order valence-corrected chi connectivity index (χ4v) is 3.97. The van der Waals surface area contributed by atoms with E-state index in [9.17, 15) is 9.59 Å². The molecule has 1 N–H and O–H groups in total. The molecule has 0 saturated carbocycles. The smallest absolute Gasteiger partial charge is 0.323 e. The minimum absolute atomic E-state index is 0.120. The van der Waals surface area contributed by atoms with E-state index in [1.54, 1.807) is 23.4 Å². The molecule has 1 aliphatic rings. The third-order valence-electron chi connectivity index (χ3n) is 5.69. The number of methoxy groups -OCH3 is 1. The van der Waals surface area contributed by atoms with Crippen molar-refractivity contribution in [3.63, 3.8) is 0 Å². The number of rotatable bonds is 6. The van der Waals surface area contributed by atoms with Crippen LogP contribution < -0.4 is 14.9 Å². The van der Waals surface area contributed by atoms with E-state index < -0.39 is 0 Å². The molecule has 4 aromatic rings. The Balaban J connectivity index is 1.58. The summed E-state index contributed by atoms with van der Waals surface area (Å²) in [6.45, 7) is 2.70. The molecule has 0 aliphatic carbocycles. The maximum atomic E-state index is 12.9. The molecule has 2 amide bonds. The zero-order valence-corrected chi connectivity index (χ0v) is 17.9. The highest BCUT2D eigenvalue weighted by Crippen LogP contribution is 2.36. The Morgan fingerprint density at radius 1 is 1.15 bits per heavy atom. The Labute approximate surface area is 188 Å². The number of nitrogens with zero attached hydrogens (tertiary/aromatic N) is 5. The van der Waals surface area contributed by atoms with Crippen molar-refractivity contribution in [3.05, 3.63) is 66.0 Å². The average Bonchev–Trinajstić information content (AvgIpc) is 3.20. The Morgan fingerprint density at radius 2 is 1.91 bits per heavy atom. The van der Waals surface area contributed by atoms with Crippen LogP contribution in [-0.2, 0) is 11.3 Å². The van der Waals surface area contributed by atoms with E-state index in [0.717, 1.165) is 21.4 Å². The summed E-state index contributed by atoms with van der Waals surface area (Å²) >= 11 is 0. The molecule has 2 aromatic carbocycles. The molecule has 0 radical (unpaired) electrons. The summed E-state index contributed by atoms with van der Waals surface area (Å²) in [5.41, 5.74) is 4.28. The first kappa shape index (κ1) is 20.4. The van der Waals surface area contributed by atoms with Crippen molar-refractivity contribution in [2.45, 2.75) is 19.5 Å². The lowest BCUT2D eigenvalue weighted by Gasteiger charge is -2.34. The van der Waals surface area contributed by atoms with Gasteiger partial charge in [-0.1, -0.05) is 35.2 Å². The number of urea groups is 1. The number of fused-ring (bicyclic) bond motifs is 2. The lowest BCUT2D eigenvalue weighted by molar-refractivity contribution is -0.130. The fraction of sp³-hybridized carbons (Fsp3) is 0.174. The third kappa shape index (κ3) is 3.61. The molecule has 10 heteroatoms. The van der Waals surface area contributed by atoms with Gasteiger partial charge in [0.1, 0.15) is 11.2 Å². The second kappa shape index (κ2) is 8.23. The number of nitrogens with one attached hydrogen (secondary N) is 1. The van der Waals surface area contributed by atoms with Gasteiger partial charge in [-0.3, -0.25) is 4.79 Å². The summed E-state index contributed by atoms with van der Waals surface area (Å²) in [4.78, 5) is 40.1. The molecule has 5 rings (SSSR count). The average molecular weight is 444 g/mol. The molecule has 10 nitrogen and oxygen atoms in total. The Hall–Kier alpha value is -4.47. The van der Waals surface area contributed by atoms with Gasteiger partial charge in [0.05, 0.1) is 19.7 Å². The fourth-order valence-electron chi connectivity index (χ4n) is 3.97. The quantitative estimate of drug-likeness (QED) is 0.455. The zero-order valence-electron chi connectivity index (χ0n) is 17.9. The van der Waals surface area contributed by atoms with Gasteiger partial charge in [-0.05, 0) is 30.2 Å². The maximum Gasteiger partial charge on any atom is 0.323 e. The second-order valence-electron chi connectivity index (χ2n) is 7.55. The predicted octanol–water partition coefficient (Wildman–Crippen LogP) is 3.20. The van der Waals surface area contributed by atoms with Crippen LogP contribution in [0.25, 0.3) is 22.2 Å². The van der Waals surface area contributed by atoms with Crippen molar-refractivity contribution in [1.29, 1.82) is 0 Å². The van der Waals surface area contributed by atoms with Crippen LogP contribution in [0.1, 0.15) is 24.1 Å². The van der Waals surface area contributed by atoms with Crippen LogP contribution in [0.4, 0.5) is 10.5 Å². The predicted molar refractivity (Wildman–Crippen MR) is 119 cm³/mol. The zero-order chi connectivity index (χ0) is 22.9. The minimum Gasteiger partial charge on any atom is -0.467 e. The topological polar surface area (TPSA) is 111 Å². The first-order valence-corrected chi connectivity index (χ1v) is 10.2. The molecule has 0 saturated heterocycles. The van der Waals surface area contributed by atoms with Crippen LogP contribution >= 0.6 is 0 Å². The van der Waals surface area contributed by atoms with E-state index in [0.29, 0.717) is 35.5 Å². The number of hydrogen-bond donors (Lipinski definition) is 1. The van der Waals surface area contributed by atoms with E-state index in [4.69, 9.17) is 9.57 Å². The molecule has 2 aromatic heterocycles. The van der Waals surface area contributed by atoms with E-state index in [2.05, 4.69) is 20.4 Å². The Bertz CT molecular complexity index is 1340. The van der Waals surface area contributed by atoms with Gasteiger partial charge in [0.15, 0.2) is 0 Å². The number of ether oxygens (including phenoxy) is 1. The van der Waals surface area contributed by atoms with Gasteiger partial charge in [-0.15, -0.1) is 5.10 Å². The van der Waals surface area contributed by atoms with Crippen molar-refractivity contribution in [2.75, 3.05) is 12.4 Å². The summed E-state index contributed by atoms with van der Waals surface area (Å²) in [7, 11) is 1.49. The van der Waals surface area contributed by atoms with Crippen LogP contribution in [0.5, 0.6) is 6.01 Å². The van der Waals surface area contributed by atoms with Gasteiger partial charge in [0, 0.05) is 29.0 Å². The van der Waals surface area contributed by atoms with Crippen molar-refractivity contribution in [3.8, 4) is 17.3 Å². The largest absolute Gasteiger partial charge is 0.467 e. The monoisotopic (exact) mass is 444 g/mol. The lowest BCUT2D eigenvalue weighted by Crippen LogP contribution is -2.40. The van der Waals surface area contributed by atoms with Gasteiger partial charge in [-0.2, -0.15) is 0 Å². The number of carbonyl (C=O) groups is 2. The molecule has 3 heterocycles. The van der Waals surface area contributed by atoms with Gasteiger partial charge in [-0.25, -0.2) is 14.8 Å². The number of carbonyl (C=O) groups excluding carboxylic acids is 2. The first-order valence-electron chi connectivity index (χ1n) is 10.2. The lowest BCUT2D eigenvalue weighted by atomic mass is 10.0. The molecule has 33 heavy (non-hydrogen) atoms. The first-order chi connectivity index (χ1) is 16.1. The van der Waals surface area contributed by atoms with Crippen LogP contribution in [0.15, 0.2) is 54.9 Å². The SMILES string of the molecule is COc1ncc(-c2nn(OC=O)c3cc4c(cc23)CN([C@H](C)c2ccccc2)C(=O)N4)cn1. The standard InChI is InChI=1S/C23H20N6O4/c1-14(15-6-4-3-5-7-15)28-12-16-8-18-20(9-19(16)26-23(28)31)29(33-13-30)27-21(18)17-10-24-22(32-2)25-11-17/h3-11,13-14H,12H2,1-2H3,(H,26,31)/t14-/m1/s1. The normalized spacial score (nSPS) is 13.9. The maximum absolute atomic E-state index is 12.9. The van der Waals surface area contributed by atoms with E-state index in [1.165, 1.54) is 7.11 Å². The highest BCUT2D eigenvalue weighted by molar-refractivity contribution is 6.00. The van der Waals surface area contributed by atoms with Crippen LogP contribution in [0, 0.1) is 0 Å². The molecule has 0 bridgehead atoms. The Morgan fingerprint density at radius 3 is 2.61 bits per heavy atom. The molecule has 1 aliphatic heterocycles. The van der Waals surface area contributed by atoms with Gasteiger partial charge < -0.3 is 19.8 Å². The van der Waals surface area contributed by atoms with Crippen LogP contribution in [0.3, 0.4) is 0 Å². The molecule has 166 valence electrons. The van der Waals surface area contributed by atoms with Crippen molar-refractivity contribution >= 4 is 29.1 Å². The summed E-state index contributed by atoms with van der Waals surface area (Å²) < 4.78 is 5.03. The molecular weight excluding hydrogens is 424 g/mol. The van der Waals surface area contributed by atoms with E-state index in [-0.39, 0.29) is 18.1 Å². The van der Waals surface area contributed by atoms with E-state index in [1.807, 2.05) is 43.3 Å². The van der Waals surface area contributed by atoms with Crippen LogP contribution in [-0.4, -0.2) is 44.4 Å². The highest BCUT2D eigenvalue weighted by Gasteiger charge is 2.29. The number of aromatic nitrogens is 4. The summed E-state index contributed by atoms with van der Waals surface area (Å²) in [5, 5.41) is 8.09. The summed E-state index contributed by atoms with van der Waals surface area (Å²) in [6.07, 6.45) is 3.17. The number of hydrogen-bond acceptors (Lipinski definition) is 7. The van der Waals surface area contributed by atoms with Crippen LogP contribution in [0.2, 0.25) is 0 Å². The molecule has 1 atom stereocenters. The molecule has 0 unspecified atom stereocenters. The molecule has 0 spiro atoms. The van der Waals surface area contributed by atoms with Crippen molar-refractivity contribution in [1.82, 2.24) is 24.8 Å². The highest BCUT2D eigenvalue weighted by atomic mass is 16.7.